The third-order valence-corrected chi connectivity index (χ3v) is 2.67. The second-order valence-electron chi connectivity index (χ2n) is 4.28. The lowest BCUT2D eigenvalue weighted by molar-refractivity contribution is -0.0979. The van der Waals surface area contributed by atoms with Gasteiger partial charge in [0.25, 0.3) is 0 Å². The van der Waals surface area contributed by atoms with Crippen molar-refractivity contribution in [3.8, 4) is 11.1 Å². The van der Waals surface area contributed by atoms with E-state index in [1.807, 2.05) is 37.1 Å². The standard InChI is InChI=1S/C16H17N3O.CH2O/c1-13(17)18-12-20-19-11-14-7-9-16(10-8-14)15-5-3-2-4-6-15;1-2/h2-11H,12H2,1H3,(H2,17,18);1H2/b19-11+;. The molecule has 0 fully saturated rings. The van der Waals surface area contributed by atoms with E-state index in [0.717, 1.165) is 5.56 Å². The van der Waals surface area contributed by atoms with Crippen LogP contribution in [0.4, 0.5) is 0 Å². The summed E-state index contributed by atoms with van der Waals surface area (Å²) >= 11 is 0. The van der Waals surface area contributed by atoms with Crippen LogP contribution in [0.5, 0.6) is 0 Å². The fourth-order valence-electron chi connectivity index (χ4n) is 1.65. The minimum absolute atomic E-state index is 0.140. The Morgan fingerprint density at radius 2 is 1.68 bits per heavy atom. The summed E-state index contributed by atoms with van der Waals surface area (Å²) in [6.07, 6.45) is 1.65. The highest BCUT2D eigenvalue weighted by Crippen LogP contribution is 2.18. The van der Waals surface area contributed by atoms with Gasteiger partial charge in [0.05, 0.1) is 12.1 Å². The molecule has 0 aromatic heterocycles. The highest BCUT2D eigenvalue weighted by Gasteiger charge is 1.95. The average molecular weight is 297 g/mol. The molecule has 2 rings (SSSR count). The third-order valence-electron chi connectivity index (χ3n) is 2.67. The molecule has 0 aliphatic rings. The molecule has 0 spiro atoms. The van der Waals surface area contributed by atoms with Crippen molar-refractivity contribution in [2.24, 2.45) is 15.9 Å². The molecular formula is C17H19N3O2. The Hall–Kier alpha value is -2.95. The molecule has 2 aromatic carbocycles. The average Bonchev–Trinajstić information content (AvgIpc) is 2.57. The smallest absolute Gasteiger partial charge is 0.208 e. The number of nitrogens with two attached hydrogens (primary N) is 1. The number of rotatable bonds is 5. The summed E-state index contributed by atoms with van der Waals surface area (Å²) in [7, 11) is 0. The predicted octanol–water partition coefficient (Wildman–Crippen LogP) is 2.85. The second kappa shape index (κ2) is 9.88. The van der Waals surface area contributed by atoms with Gasteiger partial charge in [-0.15, -0.1) is 0 Å². The molecule has 5 nitrogen and oxygen atoms in total. The van der Waals surface area contributed by atoms with Gasteiger partial charge in [-0.2, -0.15) is 0 Å². The zero-order valence-electron chi connectivity index (χ0n) is 12.5. The van der Waals surface area contributed by atoms with Gasteiger partial charge in [0, 0.05) is 0 Å². The van der Waals surface area contributed by atoms with Crippen LogP contribution in [0.15, 0.2) is 64.7 Å². The van der Waals surface area contributed by atoms with Crippen molar-refractivity contribution in [3.05, 3.63) is 60.2 Å². The number of oxime groups is 1. The molecule has 114 valence electrons. The SMILES string of the molecule is C=O.CC(N)=NCO/N=C/c1ccc(-c2ccccc2)cc1. The van der Waals surface area contributed by atoms with Gasteiger partial charge in [-0.25, -0.2) is 4.99 Å². The Bertz CT molecular complexity index is 604. The predicted molar refractivity (Wildman–Crippen MR) is 89.8 cm³/mol. The van der Waals surface area contributed by atoms with Gasteiger partial charge in [0.1, 0.15) is 6.79 Å². The van der Waals surface area contributed by atoms with Crippen molar-refractivity contribution in [3.63, 3.8) is 0 Å². The summed E-state index contributed by atoms with van der Waals surface area (Å²) in [4.78, 5) is 16.8. The molecular weight excluding hydrogens is 278 g/mol. The van der Waals surface area contributed by atoms with Crippen LogP contribution in [0.3, 0.4) is 0 Å². The molecule has 0 heterocycles. The maximum absolute atomic E-state index is 8.00. The molecule has 22 heavy (non-hydrogen) atoms. The Labute approximate surface area is 130 Å². The molecule has 0 saturated carbocycles. The first-order chi connectivity index (χ1) is 10.8. The van der Waals surface area contributed by atoms with Gasteiger partial charge in [0.15, 0.2) is 0 Å². The van der Waals surface area contributed by atoms with Crippen LogP contribution in [0.25, 0.3) is 11.1 Å². The van der Waals surface area contributed by atoms with E-state index in [1.54, 1.807) is 13.1 Å². The molecule has 0 atom stereocenters. The van der Waals surface area contributed by atoms with E-state index in [-0.39, 0.29) is 6.73 Å². The third kappa shape index (κ3) is 6.00. The van der Waals surface area contributed by atoms with Gasteiger partial charge in [-0.3, -0.25) is 0 Å². The molecule has 0 bridgehead atoms. The van der Waals surface area contributed by atoms with Crippen LogP contribution < -0.4 is 5.73 Å². The van der Waals surface area contributed by atoms with E-state index in [1.165, 1.54) is 11.1 Å². The fourth-order valence-corrected chi connectivity index (χ4v) is 1.65. The number of carbonyl (C=O) groups excluding carboxylic acids is 1. The van der Waals surface area contributed by atoms with Crippen molar-refractivity contribution < 1.29 is 9.63 Å². The van der Waals surface area contributed by atoms with E-state index in [0.29, 0.717) is 5.84 Å². The van der Waals surface area contributed by atoms with Crippen LogP contribution in [0, 0.1) is 0 Å². The molecule has 0 unspecified atom stereocenters. The number of hydrogen-bond acceptors (Lipinski definition) is 4. The van der Waals surface area contributed by atoms with E-state index >= 15 is 0 Å². The van der Waals surface area contributed by atoms with Gasteiger partial charge < -0.3 is 15.4 Å². The zero-order valence-corrected chi connectivity index (χ0v) is 12.5. The summed E-state index contributed by atoms with van der Waals surface area (Å²) in [5.41, 5.74) is 8.71. The van der Waals surface area contributed by atoms with Gasteiger partial charge >= 0.3 is 0 Å². The highest BCUT2D eigenvalue weighted by atomic mass is 16.6. The minimum atomic E-state index is 0.140. The molecule has 0 radical (unpaired) electrons. The van der Waals surface area contributed by atoms with Crippen LogP contribution >= 0.6 is 0 Å². The summed E-state index contributed by atoms with van der Waals surface area (Å²) < 4.78 is 0. The van der Waals surface area contributed by atoms with E-state index in [4.69, 9.17) is 15.4 Å². The quantitative estimate of drug-likeness (QED) is 0.399. The minimum Gasteiger partial charge on any atom is -0.388 e. The van der Waals surface area contributed by atoms with Crippen molar-refractivity contribution in [2.75, 3.05) is 6.73 Å². The summed E-state index contributed by atoms with van der Waals surface area (Å²) in [6, 6.07) is 18.3. The number of amidine groups is 1. The van der Waals surface area contributed by atoms with Crippen LogP contribution in [-0.4, -0.2) is 25.6 Å². The number of hydrogen-bond donors (Lipinski definition) is 1. The number of aliphatic imine (C=N–C) groups is 1. The largest absolute Gasteiger partial charge is 0.388 e. The lowest BCUT2D eigenvalue weighted by atomic mass is 10.0. The number of carbonyl (C=O) groups is 1. The van der Waals surface area contributed by atoms with E-state index in [9.17, 15) is 0 Å². The molecule has 0 aliphatic carbocycles. The van der Waals surface area contributed by atoms with Crippen molar-refractivity contribution in [1.29, 1.82) is 0 Å². The summed E-state index contributed by atoms with van der Waals surface area (Å²) in [6.45, 7) is 3.84. The monoisotopic (exact) mass is 297 g/mol. The Morgan fingerprint density at radius 3 is 2.27 bits per heavy atom. The molecule has 0 amide bonds. The molecule has 2 N–H and O–H groups in total. The lowest BCUT2D eigenvalue weighted by Crippen LogP contribution is -2.06. The summed E-state index contributed by atoms with van der Waals surface area (Å²) in [5.74, 6) is 0.479. The first-order valence-electron chi connectivity index (χ1n) is 6.62. The molecule has 5 heteroatoms. The van der Waals surface area contributed by atoms with Crippen LogP contribution in [0.2, 0.25) is 0 Å². The Balaban J connectivity index is 0.00000116. The molecule has 0 saturated heterocycles. The van der Waals surface area contributed by atoms with Gasteiger partial charge in [0.2, 0.25) is 6.73 Å². The highest BCUT2D eigenvalue weighted by molar-refractivity contribution is 5.80. The van der Waals surface area contributed by atoms with Gasteiger partial charge in [-0.1, -0.05) is 59.8 Å². The maximum atomic E-state index is 8.00. The number of benzene rings is 2. The zero-order chi connectivity index (χ0) is 16.2. The molecule has 0 aliphatic heterocycles. The van der Waals surface area contributed by atoms with E-state index < -0.39 is 0 Å². The van der Waals surface area contributed by atoms with Crippen molar-refractivity contribution in [1.82, 2.24) is 0 Å². The first kappa shape index (κ1) is 17.1. The lowest BCUT2D eigenvalue weighted by Gasteiger charge is -2.01. The van der Waals surface area contributed by atoms with E-state index in [2.05, 4.69) is 34.4 Å². The van der Waals surface area contributed by atoms with Crippen LogP contribution in [0.1, 0.15) is 12.5 Å². The maximum Gasteiger partial charge on any atom is 0.208 e. The Morgan fingerprint density at radius 1 is 1.09 bits per heavy atom. The van der Waals surface area contributed by atoms with Gasteiger partial charge in [-0.05, 0) is 23.6 Å². The topological polar surface area (TPSA) is 77.0 Å². The first-order valence-corrected chi connectivity index (χ1v) is 6.62. The van der Waals surface area contributed by atoms with Crippen LogP contribution in [-0.2, 0) is 9.63 Å². The fraction of sp³-hybridized carbons (Fsp3) is 0.118. The number of nitrogens with zero attached hydrogens (tertiary/aromatic N) is 2. The van der Waals surface area contributed by atoms with Crippen molar-refractivity contribution in [2.45, 2.75) is 6.92 Å². The second-order valence-corrected chi connectivity index (χ2v) is 4.28. The summed E-state index contributed by atoms with van der Waals surface area (Å²) in [5, 5.41) is 3.83. The van der Waals surface area contributed by atoms with Crippen molar-refractivity contribution >= 4 is 18.8 Å². The Kier molecular flexibility index (Phi) is 7.68. The molecule has 2 aromatic rings. The normalized spacial score (nSPS) is 10.9.